The van der Waals surface area contributed by atoms with E-state index in [1.165, 1.54) is 0 Å². The van der Waals surface area contributed by atoms with Gasteiger partial charge in [0.05, 0.1) is 0 Å². The Morgan fingerprint density at radius 3 is 2.00 bits per heavy atom. The van der Waals surface area contributed by atoms with Gasteiger partial charge in [-0.25, -0.2) is 8.78 Å². The van der Waals surface area contributed by atoms with Gasteiger partial charge in [0, 0.05) is 0 Å². The summed E-state index contributed by atoms with van der Waals surface area (Å²) in [4.78, 5) is 0. The summed E-state index contributed by atoms with van der Waals surface area (Å²) in [6.45, 7) is 0.912. The van der Waals surface area contributed by atoms with Crippen molar-refractivity contribution in [1.29, 1.82) is 0 Å². The summed E-state index contributed by atoms with van der Waals surface area (Å²) in [7, 11) is 0. The number of aliphatic hydroxyl groups is 1. The molecule has 0 spiro atoms. The van der Waals surface area contributed by atoms with E-state index < -0.39 is 12.5 Å². The summed E-state index contributed by atoms with van der Waals surface area (Å²) in [5.41, 5.74) is 0. The van der Waals surface area contributed by atoms with Crippen molar-refractivity contribution in [1.82, 2.24) is 0 Å². The van der Waals surface area contributed by atoms with Gasteiger partial charge in [0.15, 0.2) is 6.17 Å². The van der Waals surface area contributed by atoms with Gasteiger partial charge >= 0.3 is 0 Å². The lowest BCUT2D eigenvalue weighted by molar-refractivity contribution is 0.0916. The van der Waals surface area contributed by atoms with Crippen molar-refractivity contribution in [3.05, 3.63) is 6.36 Å². The standard InChI is InChI=1S/C3H5F2O/c1-2(4)3(5)6/h2,6H,1H3. The van der Waals surface area contributed by atoms with E-state index in [2.05, 4.69) is 0 Å². The maximum atomic E-state index is 11.2. The maximum Gasteiger partial charge on any atom is 0.300 e. The zero-order chi connectivity index (χ0) is 5.15. The SMILES string of the molecule is CC(F)[C](O)F. The van der Waals surface area contributed by atoms with Gasteiger partial charge in [-0.2, -0.15) is 0 Å². The van der Waals surface area contributed by atoms with Gasteiger partial charge in [-0.3, -0.25) is 0 Å². The average Bonchev–Trinajstić information content (AvgIpc) is 1.36. The first-order chi connectivity index (χ1) is 2.64. The molecule has 0 aromatic heterocycles. The molecule has 1 unspecified atom stereocenters. The molecular formula is C3H5F2O. The quantitative estimate of drug-likeness (QED) is 0.518. The predicted molar refractivity (Wildman–Crippen MR) is 16.9 cm³/mol. The van der Waals surface area contributed by atoms with Gasteiger partial charge < -0.3 is 5.11 Å². The number of rotatable bonds is 1. The number of halogens is 2. The molecule has 0 aliphatic carbocycles. The zero-order valence-corrected chi connectivity index (χ0v) is 3.28. The minimum absolute atomic E-state index is 0.912. The molecule has 37 valence electrons. The number of alkyl halides is 1. The van der Waals surface area contributed by atoms with Crippen LogP contribution in [0.15, 0.2) is 0 Å². The van der Waals surface area contributed by atoms with Crippen LogP contribution in [-0.4, -0.2) is 11.3 Å². The number of hydrogen-bond acceptors (Lipinski definition) is 1. The highest BCUT2D eigenvalue weighted by atomic mass is 19.2. The van der Waals surface area contributed by atoms with Crippen LogP contribution in [0.3, 0.4) is 0 Å². The lowest BCUT2D eigenvalue weighted by Gasteiger charge is -1.93. The fraction of sp³-hybridized carbons (Fsp3) is 0.667. The first kappa shape index (κ1) is 5.82. The van der Waals surface area contributed by atoms with E-state index in [9.17, 15) is 8.78 Å². The second-order valence-corrected chi connectivity index (χ2v) is 0.939. The van der Waals surface area contributed by atoms with Crippen LogP contribution in [0.25, 0.3) is 0 Å². The minimum Gasteiger partial charge on any atom is -0.355 e. The van der Waals surface area contributed by atoms with Crippen LogP contribution in [0.2, 0.25) is 0 Å². The Bertz CT molecular complexity index is 29.8. The first-order valence-corrected chi connectivity index (χ1v) is 1.50. The second kappa shape index (κ2) is 2.08. The molecule has 1 radical (unpaired) electrons. The van der Waals surface area contributed by atoms with Crippen LogP contribution in [-0.2, 0) is 0 Å². The molecule has 1 atom stereocenters. The molecule has 3 heteroatoms. The molecule has 0 aliphatic heterocycles. The Morgan fingerprint density at radius 2 is 2.00 bits per heavy atom. The van der Waals surface area contributed by atoms with E-state index in [4.69, 9.17) is 5.11 Å². The van der Waals surface area contributed by atoms with Crippen LogP contribution in [0.5, 0.6) is 0 Å². The van der Waals surface area contributed by atoms with Gasteiger partial charge in [-0.15, -0.1) is 0 Å². The van der Waals surface area contributed by atoms with Crippen molar-refractivity contribution >= 4 is 0 Å². The van der Waals surface area contributed by atoms with Gasteiger partial charge in [0.2, 0.25) is 0 Å². The summed E-state index contributed by atoms with van der Waals surface area (Å²) < 4.78 is 22.1. The van der Waals surface area contributed by atoms with Crippen molar-refractivity contribution < 1.29 is 13.9 Å². The molecule has 0 heterocycles. The molecule has 0 rings (SSSR count). The zero-order valence-electron chi connectivity index (χ0n) is 3.28. The summed E-state index contributed by atoms with van der Waals surface area (Å²) in [6, 6.07) is 0. The van der Waals surface area contributed by atoms with Crippen LogP contribution in [0, 0.1) is 6.36 Å². The summed E-state index contributed by atoms with van der Waals surface area (Å²) >= 11 is 0. The maximum absolute atomic E-state index is 11.2. The molecule has 0 bridgehead atoms. The van der Waals surface area contributed by atoms with Crippen LogP contribution < -0.4 is 0 Å². The smallest absolute Gasteiger partial charge is 0.300 e. The fourth-order valence-electron chi connectivity index (χ4n) is 0. The molecule has 0 saturated heterocycles. The van der Waals surface area contributed by atoms with Crippen molar-refractivity contribution in [2.24, 2.45) is 0 Å². The Morgan fingerprint density at radius 1 is 1.83 bits per heavy atom. The summed E-state index contributed by atoms with van der Waals surface area (Å²) in [5, 5.41) is 7.50. The Kier molecular flexibility index (Phi) is 2.01. The van der Waals surface area contributed by atoms with Crippen molar-refractivity contribution in [2.75, 3.05) is 0 Å². The molecular weight excluding hydrogens is 90.0 g/mol. The summed E-state index contributed by atoms with van der Waals surface area (Å²) in [6.07, 6.45) is -3.50. The van der Waals surface area contributed by atoms with Gasteiger partial charge in [-0.1, -0.05) is 0 Å². The third-order valence-corrected chi connectivity index (χ3v) is 0.328. The molecule has 0 fully saturated rings. The minimum atomic E-state index is -1.84. The Labute approximate surface area is 34.6 Å². The third kappa shape index (κ3) is 2.08. The Hall–Kier alpha value is -0.180. The molecule has 0 amide bonds. The van der Waals surface area contributed by atoms with Gasteiger partial charge in [-0.05, 0) is 6.92 Å². The van der Waals surface area contributed by atoms with E-state index in [1.54, 1.807) is 0 Å². The lowest BCUT2D eigenvalue weighted by Crippen LogP contribution is -2.00. The lowest BCUT2D eigenvalue weighted by atomic mass is 10.5. The molecule has 0 aromatic carbocycles. The fourth-order valence-corrected chi connectivity index (χ4v) is 0. The molecule has 1 nitrogen and oxygen atoms in total. The third-order valence-electron chi connectivity index (χ3n) is 0.328. The number of aliphatic hydroxyl groups excluding tert-OH is 1. The molecule has 0 aliphatic rings. The van der Waals surface area contributed by atoms with E-state index in [1.807, 2.05) is 0 Å². The monoisotopic (exact) mass is 95.0 g/mol. The highest BCUT2D eigenvalue weighted by Crippen LogP contribution is 2.04. The van der Waals surface area contributed by atoms with Gasteiger partial charge in [0.25, 0.3) is 6.36 Å². The van der Waals surface area contributed by atoms with E-state index in [0.29, 0.717) is 0 Å². The largest absolute Gasteiger partial charge is 0.355 e. The molecule has 1 N–H and O–H groups in total. The normalized spacial score (nSPS) is 15.5. The van der Waals surface area contributed by atoms with Crippen molar-refractivity contribution in [3.8, 4) is 0 Å². The molecule has 0 aromatic rings. The van der Waals surface area contributed by atoms with Crippen molar-refractivity contribution in [3.63, 3.8) is 0 Å². The van der Waals surface area contributed by atoms with E-state index in [-0.39, 0.29) is 0 Å². The van der Waals surface area contributed by atoms with Gasteiger partial charge in [0.1, 0.15) is 0 Å². The molecule has 6 heavy (non-hydrogen) atoms. The second-order valence-electron chi connectivity index (χ2n) is 0.939. The predicted octanol–water partition coefficient (Wildman–Crippen LogP) is 1.18. The van der Waals surface area contributed by atoms with Crippen molar-refractivity contribution in [2.45, 2.75) is 13.1 Å². The summed E-state index contributed by atoms with van der Waals surface area (Å²) in [5.74, 6) is 0. The van der Waals surface area contributed by atoms with E-state index >= 15 is 0 Å². The first-order valence-electron chi connectivity index (χ1n) is 1.50. The van der Waals surface area contributed by atoms with E-state index in [0.717, 1.165) is 6.92 Å². The highest BCUT2D eigenvalue weighted by molar-refractivity contribution is 4.65. The van der Waals surface area contributed by atoms with Crippen LogP contribution in [0.4, 0.5) is 8.78 Å². The van der Waals surface area contributed by atoms with Crippen LogP contribution >= 0.6 is 0 Å². The Balaban J connectivity index is 2.99. The molecule has 0 saturated carbocycles. The number of hydrogen-bond donors (Lipinski definition) is 1. The average molecular weight is 95.1 g/mol. The highest BCUT2D eigenvalue weighted by Gasteiger charge is 2.10. The van der Waals surface area contributed by atoms with Crippen LogP contribution in [0.1, 0.15) is 6.92 Å². The topological polar surface area (TPSA) is 20.2 Å².